The summed E-state index contributed by atoms with van der Waals surface area (Å²) in [4.78, 5) is 39.4. The summed E-state index contributed by atoms with van der Waals surface area (Å²) in [6.45, 7) is 1.90. The van der Waals surface area contributed by atoms with Crippen LogP contribution in [0.1, 0.15) is 55.0 Å². The molecule has 0 saturated carbocycles. The van der Waals surface area contributed by atoms with Crippen LogP contribution in [0.25, 0.3) is 0 Å². The molecule has 0 aromatic heterocycles. The molecule has 35 heavy (non-hydrogen) atoms. The van der Waals surface area contributed by atoms with Crippen LogP contribution in [0.3, 0.4) is 0 Å². The molecule has 1 fully saturated rings. The van der Waals surface area contributed by atoms with E-state index in [2.05, 4.69) is 11.4 Å². The monoisotopic (exact) mass is 488 g/mol. The van der Waals surface area contributed by atoms with Crippen LogP contribution in [0.4, 0.5) is 0 Å². The Kier molecular flexibility index (Phi) is 6.41. The van der Waals surface area contributed by atoms with Crippen LogP contribution in [-0.2, 0) is 16.7 Å². The molecule has 7 heteroatoms. The number of nitrogens with zero attached hydrogens (tertiary/aromatic N) is 1. The van der Waals surface area contributed by atoms with Crippen molar-refractivity contribution in [1.29, 1.82) is 0 Å². The number of benzene rings is 3. The van der Waals surface area contributed by atoms with Crippen molar-refractivity contribution in [2.75, 3.05) is 19.8 Å². The summed E-state index contributed by atoms with van der Waals surface area (Å²) in [5.41, 5.74) is 3.01. The van der Waals surface area contributed by atoms with Gasteiger partial charge in [-0.1, -0.05) is 48.0 Å². The van der Waals surface area contributed by atoms with Crippen LogP contribution in [0.15, 0.2) is 72.8 Å². The van der Waals surface area contributed by atoms with E-state index in [1.54, 1.807) is 48.5 Å². The molecule has 1 N–H and O–H groups in total. The SMILES string of the molecule is O=C(NCC1(c2cccc(Cl)c2)CCOCC1)c1ccc(CN2C(=O)c3ccccc3C2=O)cc1. The van der Waals surface area contributed by atoms with Crippen LogP contribution >= 0.6 is 11.6 Å². The van der Waals surface area contributed by atoms with Gasteiger partial charge in [0, 0.05) is 35.8 Å². The summed E-state index contributed by atoms with van der Waals surface area (Å²) in [6.07, 6.45) is 1.60. The van der Waals surface area contributed by atoms with E-state index in [4.69, 9.17) is 16.3 Å². The van der Waals surface area contributed by atoms with Gasteiger partial charge >= 0.3 is 0 Å². The number of nitrogens with one attached hydrogen (secondary N) is 1. The second kappa shape index (κ2) is 9.64. The molecule has 0 spiro atoms. The van der Waals surface area contributed by atoms with Crippen molar-refractivity contribution in [3.8, 4) is 0 Å². The molecule has 6 nitrogen and oxygen atoms in total. The quantitative estimate of drug-likeness (QED) is 0.514. The minimum atomic E-state index is -0.296. The fourth-order valence-electron chi connectivity index (χ4n) is 4.83. The van der Waals surface area contributed by atoms with E-state index in [-0.39, 0.29) is 29.7 Å². The molecule has 178 valence electrons. The lowest BCUT2D eigenvalue weighted by molar-refractivity contribution is 0.0487. The zero-order chi connectivity index (χ0) is 24.4. The molecule has 3 aromatic rings. The van der Waals surface area contributed by atoms with Crippen LogP contribution in [0.2, 0.25) is 5.02 Å². The number of carbonyl (C=O) groups excluding carboxylic acids is 3. The molecule has 2 aliphatic rings. The second-order valence-electron chi connectivity index (χ2n) is 9.02. The van der Waals surface area contributed by atoms with Gasteiger partial charge in [-0.3, -0.25) is 19.3 Å². The summed E-state index contributed by atoms with van der Waals surface area (Å²) < 4.78 is 5.57. The van der Waals surface area contributed by atoms with Crippen molar-refractivity contribution in [3.63, 3.8) is 0 Å². The van der Waals surface area contributed by atoms with Gasteiger partial charge in [0.2, 0.25) is 0 Å². The Balaban J connectivity index is 1.25. The lowest BCUT2D eigenvalue weighted by Crippen LogP contribution is -2.44. The van der Waals surface area contributed by atoms with E-state index in [1.165, 1.54) is 4.90 Å². The largest absolute Gasteiger partial charge is 0.381 e. The van der Waals surface area contributed by atoms with Crippen molar-refractivity contribution in [1.82, 2.24) is 10.2 Å². The maximum Gasteiger partial charge on any atom is 0.261 e. The van der Waals surface area contributed by atoms with E-state index >= 15 is 0 Å². The lowest BCUT2D eigenvalue weighted by atomic mass is 9.74. The predicted octanol–water partition coefficient (Wildman–Crippen LogP) is 4.61. The van der Waals surface area contributed by atoms with E-state index in [9.17, 15) is 14.4 Å². The molecule has 0 bridgehead atoms. The van der Waals surface area contributed by atoms with Gasteiger partial charge in [-0.25, -0.2) is 0 Å². The first-order chi connectivity index (χ1) is 17.0. The Morgan fingerprint density at radius 1 is 0.914 bits per heavy atom. The van der Waals surface area contributed by atoms with Crippen LogP contribution in [-0.4, -0.2) is 42.4 Å². The Bertz CT molecular complexity index is 1250. The Labute approximate surface area is 208 Å². The van der Waals surface area contributed by atoms with Gasteiger partial charge in [0.1, 0.15) is 0 Å². The number of rotatable bonds is 6. The molecule has 3 aromatic carbocycles. The number of hydrogen-bond donors (Lipinski definition) is 1. The smallest absolute Gasteiger partial charge is 0.261 e. The summed E-state index contributed by atoms with van der Waals surface area (Å²) in [5.74, 6) is -0.768. The molecule has 0 atom stereocenters. The summed E-state index contributed by atoms with van der Waals surface area (Å²) in [5, 5.41) is 3.76. The topological polar surface area (TPSA) is 75.7 Å². The normalized spacial score (nSPS) is 16.8. The molecule has 2 aliphatic heterocycles. The van der Waals surface area contributed by atoms with Crippen molar-refractivity contribution >= 4 is 29.3 Å². The van der Waals surface area contributed by atoms with Gasteiger partial charge < -0.3 is 10.1 Å². The van der Waals surface area contributed by atoms with Gasteiger partial charge in [-0.2, -0.15) is 0 Å². The van der Waals surface area contributed by atoms with Gasteiger partial charge in [0.25, 0.3) is 17.7 Å². The summed E-state index contributed by atoms with van der Waals surface area (Å²) in [7, 11) is 0. The maximum absolute atomic E-state index is 12.9. The van der Waals surface area contributed by atoms with Crippen molar-refractivity contribution in [3.05, 3.63) is 106 Å². The van der Waals surface area contributed by atoms with Crippen LogP contribution in [0.5, 0.6) is 0 Å². The summed E-state index contributed by atoms with van der Waals surface area (Å²) >= 11 is 6.24. The highest BCUT2D eigenvalue weighted by Crippen LogP contribution is 2.35. The van der Waals surface area contributed by atoms with Crippen molar-refractivity contribution in [2.24, 2.45) is 0 Å². The van der Waals surface area contributed by atoms with E-state index in [1.807, 2.05) is 18.2 Å². The van der Waals surface area contributed by atoms with E-state index in [0.717, 1.165) is 24.0 Å². The average molecular weight is 489 g/mol. The maximum atomic E-state index is 12.9. The molecule has 0 radical (unpaired) electrons. The second-order valence-corrected chi connectivity index (χ2v) is 9.46. The Morgan fingerprint density at radius 3 is 2.20 bits per heavy atom. The third kappa shape index (κ3) is 4.59. The third-order valence-electron chi connectivity index (χ3n) is 6.91. The number of hydrogen-bond acceptors (Lipinski definition) is 4. The van der Waals surface area contributed by atoms with Crippen molar-refractivity contribution in [2.45, 2.75) is 24.8 Å². The molecule has 5 rings (SSSR count). The average Bonchev–Trinajstić information content (AvgIpc) is 3.13. The number of ether oxygens (including phenoxy) is 1. The minimum absolute atomic E-state index is 0.159. The lowest BCUT2D eigenvalue weighted by Gasteiger charge is -2.38. The van der Waals surface area contributed by atoms with Gasteiger partial charge in [0.15, 0.2) is 0 Å². The van der Waals surface area contributed by atoms with Crippen LogP contribution < -0.4 is 5.32 Å². The van der Waals surface area contributed by atoms with Crippen molar-refractivity contribution < 1.29 is 19.1 Å². The highest BCUT2D eigenvalue weighted by atomic mass is 35.5. The summed E-state index contributed by atoms with van der Waals surface area (Å²) in [6, 6.07) is 21.6. The molecule has 2 heterocycles. The number of carbonyl (C=O) groups is 3. The number of amides is 3. The Hall–Kier alpha value is -3.48. The first-order valence-electron chi connectivity index (χ1n) is 11.6. The highest BCUT2D eigenvalue weighted by Gasteiger charge is 2.36. The number of halogens is 1. The molecule has 1 saturated heterocycles. The first-order valence-corrected chi connectivity index (χ1v) is 12.0. The predicted molar refractivity (Wildman–Crippen MR) is 133 cm³/mol. The Morgan fingerprint density at radius 2 is 1.57 bits per heavy atom. The molecular formula is C28H25ClN2O4. The zero-order valence-corrected chi connectivity index (χ0v) is 19.9. The van der Waals surface area contributed by atoms with Crippen LogP contribution in [0, 0.1) is 0 Å². The van der Waals surface area contributed by atoms with Gasteiger partial charge in [-0.15, -0.1) is 0 Å². The fourth-order valence-corrected chi connectivity index (χ4v) is 5.02. The molecule has 3 amide bonds. The fraction of sp³-hybridized carbons (Fsp3) is 0.250. The van der Waals surface area contributed by atoms with Gasteiger partial charge in [-0.05, 0) is 60.4 Å². The number of imide groups is 1. The highest BCUT2D eigenvalue weighted by molar-refractivity contribution is 6.30. The minimum Gasteiger partial charge on any atom is -0.381 e. The number of fused-ring (bicyclic) bond motifs is 1. The molecular weight excluding hydrogens is 464 g/mol. The standard InChI is InChI=1S/C28H25ClN2O4/c29-22-5-3-4-21(16-22)28(12-14-35-15-13-28)18-30-25(32)20-10-8-19(9-11-20)17-31-26(33)23-6-1-2-7-24(23)27(31)34/h1-11,16H,12-15,17-18H2,(H,30,32). The third-order valence-corrected chi connectivity index (χ3v) is 7.14. The van der Waals surface area contributed by atoms with E-state index in [0.29, 0.717) is 41.5 Å². The first kappa shape index (κ1) is 23.3. The molecule has 0 unspecified atom stereocenters. The zero-order valence-electron chi connectivity index (χ0n) is 19.1. The van der Waals surface area contributed by atoms with E-state index < -0.39 is 0 Å². The van der Waals surface area contributed by atoms with Gasteiger partial charge in [0.05, 0.1) is 17.7 Å². The molecule has 0 aliphatic carbocycles.